The maximum Gasteiger partial charge on any atom is 0.344 e. The molecule has 166 valence electrons. The lowest BCUT2D eigenvalue weighted by Crippen LogP contribution is -2.27. The van der Waals surface area contributed by atoms with E-state index in [9.17, 15) is 9.59 Å². The fraction of sp³-hybridized carbons (Fsp3) is 0.333. The van der Waals surface area contributed by atoms with Crippen molar-refractivity contribution < 1.29 is 19.1 Å². The largest absolute Gasteiger partial charge is 0.480 e. The van der Waals surface area contributed by atoms with Gasteiger partial charge in [0.25, 0.3) is 5.91 Å². The summed E-state index contributed by atoms with van der Waals surface area (Å²) >= 11 is 6.96. The molecule has 0 saturated carbocycles. The van der Waals surface area contributed by atoms with E-state index in [4.69, 9.17) is 9.47 Å². The smallest absolute Gasteiger partial charge is 0.344 e. The van der Waals surface area contributed by atoms with Crippen LogP contribution in [0.3, 0.4) is 0 Å². The van der Waals surface area contributed by atoms with Gasteiger partial charge in [-0.2, -0.15) is 0 Å². The van der Waals surface area contributed by atoms with Crippen molar-refractivity contribution in [2.45, 2.75) is 47.1 Å². The minimum absolute atomic E-state index is 0.136. The van der Waals surface area contributed by atoms with Crippen molar-refractivity contribution in [3.05, 3.63) is 56.0 Å². The third kappa shape index (κ3) is 6.68. The molecule has 0 spiro atoms. The van der Waals surface area contributed by atoms with Gasteiger partial charge < -0.3 is 14.8 Å². The van der Waals surface area contributed by atoms with Gasteiger partial charge in [-0.15, -0.1) is 0 Å². The van der Waals surface area contributed by atoms with Crippen molar-refractivity contribution in [2.24, 2.45) is 0 Å². The molecule has 3 rings (SSSR count). The Labute approximate surface area is 200 Å². The lowest BCUT2D eigenvalue weighted by atomic mass is 10.0. The van der Waals surface area contributed by atoms with Crippen molar-refractivity contribution in [3.63, 3.8) is 0 Å². The van der Waals surface area contributed by atoms with E-state index in [0.717, 1.165) is 22.4 Å². The molecule has 1 heterocycles. The number of rotatable bonds is 4. The minimum Gasteiger partial charge on any atom is -0.480 e. The van der Waals surface area contributed by atoms with Crippen LogP contribution in [0.2, 0.25) is 0 Å². The van der Waals surface area contributed by atoms with Crippen molar-refractivity contribution in [3.8, 4) is 5.75 Å². The quantitative estimate of drug-likeness (QED) is 0.336. The van der Waals surface area contributed by atoms with Crippen molar-refractivity contribution in [2.75, 3.05) is 11.9 Å². The molecule has 0 atom stereocenters. The van der Waals surface area contributed by atoms with Crippen molar-refractivity contribution >= 4 is 61.1 Å². The molecule has 0 unspecified atom stereocenters. The first-order valence-corrected chi connectivity index (χ1v) is 11.6. The molecule has 7 heteroatoms. The van der Waals surface area contributed by atoms with E-state index in [0.29, 0.717) is 20.3 Å². The van der Waals surface area contributed by atoms with Gasteiger partial charge in [-0.3, -0.25) is 4.79 Å². The lowest BCUT2D eigenvalue weighted by molar-refractivity contribution is -0.157. The molecule has 2 aromatic carbocycles. The first kappa shape index (κ1) is 25.1. The first-order chi connectivity index (χ1) is 14.5. The molecule has 5 nitrogen and oxygen atoms in total. The number of carbonyl (C=O) groups is 2. The van der Waals surface area contributed by atoms with Crippen molar-refractivity contribution in [1.82, 2.24) is 0 Å². The fourth-order valence-corrected chi connectivity index (χ4v) is 4.37. The zero-order chi connectivity index (χ0) is 23.3. The molecule has 31 heavy (non-hydrogen) atoms. The van der Waals surface area contributed by atoms with Crippen LogP contribution in [0.5, 0.6) is 5.75 Å². The number of halogens is 2. The van der Waals surface area contributed by atoms with E-state index in [1.54, 1.807) is 20.8 Å². The van der Waals surface area contributed by atoms with Crippen LogP contribution in [0.25, 0.3) is 11.6 Å². The molecular formula is C24H27Br2NO4. The second kappa shape index (κ2) is 10.5. The van der Waals surface area contributed by atoms with Crippen LogP contribution >= 0.6 is 31.9 Å². The second-order valence-corrected chi connectivity index (χ2v) is 9.46. The Kier molecular flexibility index (Phi) is 8.49. The van der Waals surface area contributed by atoms with Crippen LogP contribution in [0.15, 0.2) is 39.3 Å². The van der Waals surface area contributed by atoms with Crippen LogP contribution in [0, 0.1) is 6.92 Å². The van der Waals surface area contributed by atoms with Gasteiger partial charge in [-0.05, 0) is 95.5 Å². The Balaban J connectivity index is 0.00000166. The Bertz CT molecular complexity index is 1000. The van der Waals surface area contributed by atoms with Gasteiger partial charge in [0.1, 0.15) is 11.4 Å². The van der Waals surface area contributed by atoms with Crippen LogP contribution < -0.4 is 10.1 Å². The molecule has 1 N–H and O–H groups in total. The van der Waals surface area contributed by atoms with Gasteiger partial charge >= 0.3 is 5.97 Å². The van der Waals surface area contributed by atoms with E-state index in [2.05, 4.69) is 37.2 Å². The summed E-state index contributed by atoms with van der Waals surface area (Å²) in [7, 11) is 0. The summed E-state index contributed by atoms with van der Waals surface area (Å²) in [5.74, 6) is -0.0923. The molecule has 0 saturated heterocycles. The van der Waals surface area contributed by atoms with Crippen LogP contribution in [0.4, 0.5) is 5.69 Å². The highest BCUT2D eigenvalue weighted by Crippen LogP contribution is 2.38. The van der Waals surface area contributed by atoms with Gasteiger partial charge in [0, 0.05) is 16.8 Å². The first-order valence-electron chi connectivity index (χ1n) is 10.0. The zero-order valence-electron chi connectivity index (χ0n) is 18.6. The van der Waals surface area contributed by atoms with E-state index in [1.807, 2.05) is 57.2 Å². The van der Waals surface area contributed by atoms with Gasteiger partial charge in [-0.25, -0.2) is 4.79 Å². The number of nitrogens with one attached hydrogen (secondary N) is 1. The van der Waals surface area contributed by atoms with Crippen LogP contribution in [-0.2, 0) is 14.3 Å². The zero-order valence-corrected chi connectivity index (χ0v) is 21.7. The third-order valence-electron chi connectivity index (χ3n) is 4.04. The van der Waals surface area contributed by atoms with E-state index < -0.39 is 11.6 Å². The number of benzene rings is 2. The molecule has 0 aromatic heterocycles. The van der Waals surface area contributed by atoms with Crippen LogP contribution in [0.1, 0.15) is 51.3 Å². The highest BCUT2D eigenvalue weighted by atomic mass is 79.9. The molecule has 0 bridgehead atoms. The predicted molar refractivity (Wildman–Crippen MR) is 132 cm³/mol. The standard InChI is InChI=1S/C22H21Br2NO4.C2H6/c1-12-5-6-18-14(7-12)15(21(27)25-18)8-13-9-16(23)20(17(24)10-13)28-11-19(26)29-22(2,3)4;1-2/h5-10H,11H2,1-4H3,(H,25,27);1-2H3/b15-8-;. The SMILES string of the molecule is CC.Cc1ccc2c(c1)/C(=C/c1cc(Br)c(OCC(=O)OC(C)(C)C)c(Br)c1)C(=O)N2. The van der Waals surface area contributed by atoms with Crippen LogP contribution in [-0.4, -0.2) is 24.1 Å². The number of esters is 1. The Hall–Kier alpha value is -2.12. The summed E-state index contributed by atoms with van der Waals surface area (Å²) in [6, 6.07) is 9.53. The Morgan fingerprint density at radius 1 is 1.10 bits per heavy atom. The average Bonchev–Trinajstić information content (AvgIpc) is 2.96. The predicted octanol–water partition coefficient (Wildman–Crippen LogP) is 6.76. The lowest BCUT2D eigenvalue weighted by Gasteiger charge is -2.20. The molecule has 1 aliphatic heterocycles. The summed E-state index contributed by atoms with van der Waals surface area (Å²) < 4.78 is 12.2. The summed E-state index contributed by atoms with van der Waals surface area (Å²) in [6.07, 6.45) is 1.83. The summed E-state index contributed by atoms with van der Waals surface area (Å²) in [5, 5.41) is 2.88. The Morgan fingerprint density at radius 3 is 2.29 bits per heavy atom. The van der Waals surface area contributed by atoms with Gasteiger partial charge in [-0.1, -0.05) is 25.5 Å². The summed E-state index contributed by atoms with van der Waals surface area (Å²) in [5.41, 5.74) is 3.62. The number of anilines is 1. The number of fused-ring (bicyclic) bond motifs is 1. The molecule has 2 aromatic rings. The average molecular weight is 553 g/mol. The monoisotopic (exact) mass is 551 g/mol. The number of carbonyl (C=O) groups excluding carboxylic acids is 2. The topological polar surface area (TPSA) is 64.6 Å². The van der Waals surface area contributed by atoms with Gasteiger partial charge in [0.15, 0.2) is 6.61 Å². The molecule has 1 aliphatic rings. The minimum atomic E-state index is -0.568. The van der Waals surface area contributed by atoms with E-state index >= 15 is 0 Å². The number of ether oxygens (including phenoxy) is 2. The summed E-state index contributed by atoms with van der Waals surface area (Å²) in [4.78, 5) is 24.3. The summed E-state index contributed by atoms with van der Waals surface area (Å²) in [6.45, 7) is 11.2. The van der Waals surface area contributed by atoms with E-state index in [1.165, 1.54) is 0 Å². The highest BCUT2D eigenvalue weighted by Gasteiger charge is 2.24. The van der Waals surface area contributed by atoms with Gasteiger partial charge in [0.2, 0.25) is 0 Å². The third-order valence-corrected chi connectivity index (χ3v) is 5.22. The molecule has 0 aliphatic carbocycles. The molecule has 0 fully saturated rings. The van der Waals surface area contributed by atoms with Gasteiger partial charge in [0.05, 0.1) is 8.95 Å². The fourth-order valence-electron chi connectivity index (χ4n) is 2.91. The molecule has 1 amide bonds. The number of hydrogen-bond donors (Lipinski definition) is 1. The molecule has 0 radical (unpaired) electrons. The maximum absolute atomic E-state index is 12.4. The normalized spacial score (nSPS) is 13.8. The second-order valence-electron chi connectivity index (χ2n) is 7.75. The Morgan fingerprint density at radius 2 is 1.71 bits per heavy atom. The number of hydrogen-bond acceptors (Lipinski definition) is 4. The highest BCUT2D eigenvalue weighted by molar-refractivity contribution is 9.11. The molecular weight excluding hydrogens is 526 g/mol. The maximum atomic E-state index is 12.4. The van der Waals surface area contributed by atoms with E-state index in [-0.39, 0.29) is 12.5 Å². The van der Waals surface area contributed by atoms with Crippen molar-refractivity contribution in [1.29, 1.82) is 0 Å². The number of amides is 1. The number of aryl methyl sites for hydroxylation is 1.